The zero-order valence-corrected chi connectivity index (χ0v) is 22.7. The normalized spacial score (nSPS) is 19.6. The highest BCUT2D eigenvalue weighted by Gasteiger charge is 2.45. The minimum atomic E-state index is -2.03. The Labute approximate surface area is 199 Å². The number of hydrogen-bond acceptors (Lipinski definition) is 5. The molecule has 1 N–H and O–H groups in total. The topological polar surface area (TPSA) is 74.6 Å². The van der Waals surface area contributed by atoms with Gasteiger partial charge in [0.25, 0.3) is 0 Å². The van der Waals surface area contributed by atoms with E-state index < -0.39 is 13.9 Å². The number of benzene rings is 1. The summed E-state index contributed by atoms with van der Waals surface area (Å²) in [6, 6.07) is 5.50. The van der Waals surface area contributed by atoms with E-state index in [1.807, 2.05) is 33.8 Å². The smallest absolute Gasteiger partial charge is 0.410 e. The first-order valence-electron chi connectivity index (χ1n) is 11.2. The van der Waals surface area contributed by atoms with Crippen molar-refractivity contribution in [3.63, 3.8) is 0 Å². The molecule has 0 radical (unpaired) electrons. The lowest BCUT2D eigenvalue weighted by Gasteiger charge is -2.40. The molecule has 0 spiro atoms. The molecule has 0 aromatic heterocycles. The lowest BCUT2D eigenvalue weighted by Crippen LogP contribution is -2.51. The highest BCUT2D eigenvalue weighted by Crippen LogP contribution is 2.39. The maximum absolute atomic E-state index is 13.0. The summed E-state index contributed by atoms with van der Waals surface area (Å²) < 4.78 is 12.4. The van der Waals surface area contributed by atoms with Crippen LogP contribution in [-0.2, 0) is 9.16 Å². The fourth-order valence-corrected chi connectivity index (χ4v) is 5.08. The summed E-state index contributed by atoms with van der Waals surface area (Å²) in [6.07, 6.45) is 0.371. The first-order chi connectivity index (χ1) is 14.6. The quantitative estimate of drug-likeness (QED) is 0.499. The molecule has 1 saturated heterocycles. The van der Waals surface area contributed by atoms with Gasteiger partial charge in [-0.2, -0.15) is 5.26 Å². The molecular formula is C24H38ClN3O3Si. The van der Waals surface area contributed by atoms with Crippen LogP contribution in [-0.4, -0.2) is 50.1 Å². The Kier molecular flexibility index (Phi) is 7.97. The summed E-state index contributed by atoms with van der Waals surface area (Å²) >= 11 is 6.35. The van der Waals surface area contributed by atoms with E-state index in [4.69, 9.17) is 20.8 Å². The molecule has 0 unspecified atom stereocenters. The molecule has 32 heavy (non-hydrogen) atoms. The third-order valence-corrected chi connectivity index (χ3v) is 11.4. The number of hydrogen-bond donors (Lipinski definition) is 1. The molecular weight excluding hydrogens is 442 g/mol. The molecule has 2 atom stereocenters. The Morgan fingerprint density at radius 3 is 2.44 bits per heavy atom. The van der Waals surface area contributed by atoms with Crippen molar-refractivity contribution in [1.82, 2.24) is 4.90 Å². The monoisotopic (exact) mass is 479 g/mol. The van der Waals surface area contributed by atoms with E-state index in [1.165, 1.54) is 0 Å². The maximum atomic E-state index is 13.0. The number of amides is 1. The zero-order chi connectivity index (χ0) is 24.5. The van der Waals surface area contributed by atoms with Crippen molar-refractivity contribution in [2.24, 2.45) is 0 Å². The summed E-state index contributed by atoms with van der Waals surface area (Å²) in [6.45, 7) is 19.7. The number of ether oxygens (including phenoxy) is 1. The van der Waals surface area contributed by atoms with Crippen molar-refractivity contribution in [3.8, 4) is 6.07 Å². The SMILES string of the molecule is Cc1c(NC[C@@H]2[C@H](O[Si](C)(C)C(C)(C)C)CCN2C(=O)OC(C)(C)C)ccc(C#N)c1Cl. The molecule has 0 saturated carbocycles. The molecule has 6 nitrogen and oxygen atoms in total. The lowest BCUT2D eigenvalue weighted by atomic mass is 10.1. The van der Waals surface area contributed by atoms with E-state index in [-0.39, 0.29) is 23.3 Å². The molecule has 1 heterocycles. The number of anilines is 1. The molecule has 1 aromatic carbocycles. The van der Waals surface area contributed by atoms with Crippen LogP contribution >= 0.6 is 11.6 Å². The number of nitrogens with zero attached hydrogens (tertiary/aromatic N) is 2. The van der Waals surface area contributed by atoms with Crippen LogP contribution in [0.3, 0.4) is 0 Å². The van der Waals surface area contributed by atoms with Gasteiger partial charge < -0.3 is 19.4 Å². The van der Waals surface area contributed by atoms with Gasteiger partial charge in [0.05, 0.1) is 22.7 Å². The van der Waals surface area contributed by atoms with Crippen LogP contribution in [0.15, 0.2) is 12.1 Å². The molecule has 178 valence electrons. The van der Waals surface area contributed by atoms with Gasteiger partial charge in [0.1, 0.15) is 11.7 Å². The van der Waals surface area contributed by atoms with E-state index in [1.54, 1.807) is 11.0 Å². The van der Waals surface area contributed by atoms with Gasteiger partial charge in [-0.05, 0) is 69.9 Å². The summed E-state index contributed by atoms with van der Waals surface area (Å²) in [4.78, 5) is 14.8. The molecule has 0 aliphatic carbocycles. The first-order valence-corrected chi connectivity index (χ1v) is 14.5. The predicted molar refractivity (Wildman–Crippen MR) is 133 cm³/mol. The second-order valence-corrected chi connectivity index (χ2v) is 16.2. The van der Waals surface area contributed by atoms with E-state index in [9.17, 15) is 10.1 Å². The number of carbonyl (C=O) groups excluding carboxylic acids is 1. The maximum Gasteiger partial charge on any atom is 0.410 e. The summed E-state index contributed by atoms with van der Waals surface area (Å²) in [7, 11) is -2.03. The number of nitriles is 1. The molecule has 0 bridgehead atoms. The van der Waals surface area contributed by atoms with Crippen LogP contribution in [0.2, 0.25) is 23.2 Å². The molecule has 1 aliphatic heterocycles. The average molecular weight is 480 g/mol. The van der Waals surface area contributed by atoms with Crippen LogP contribution in [0.1, 0.15) is 59.1 Å². The van der Waals surface area contributed by atoms with Gasteiger partial charge in [-0.25, -0.2) is 4.79 Å². The second-order valence-electron chi connectivity index (χ2n) is 11.0. The Balaban J connectivity index is 2.28. The minimum absolute atomic E-state index is 0.0710. The average Bonchev–Trinajstić information content (AvgIpc) is 3.02. The number of rotatable bonds is 5. The van der Waals surface area contributed by atoms with Gasteiger partial charge in [0, 0.05) is 18.8 Å². The minimum Gasteiger partial charge on any atom is -0.444 e. The Hall–Kier alpha value is -1.75. The lowest BCUT2D eigenvalue weighted by molar-refractivity contribution is 0.0179. The Morgan fingerprint density at radius 1 is 1.28 bits per heavy atom. The molecule has 8 heteroatoms. The zero-order valence-electron chi connectivity index (χ0n) is 20.9. The molecule has 1 aliphatic rings. The van der Waals surface area contributed by atoms with Crippen molar-refractivity contribution >= 4 is 31.7 Å². The summed E-state index contributed by atoms with van der Waals surface area (Å²) in [5.41, 5.74) is 1.54. The number of carbonyl (C=O) groups is 1. The highest BCUT2D eigenvalue weighted by molar-refractivity contribution is 6.74. The van der Waals surface area contributed by atoms with E-state index in [0.717, 1.165) is 17.7 Å². The third-order valence-electron chi connectivity index (χ3n) is 6.37. The predicted octanol–water partition coefficient (Wildman–Crippen LogP) is 6.33. The second kappa shape index (κ2) is 9.62. The summed E-state index contributed by atoms with van der Waals surface area (Å²) in [5, 5.41) is 13.2. The van der Waals surface area contributed by atoms with Crippen LogP contribution in [0, 0.1) is 18.3 Å². The van der Waals surface area contributed by atoms with Gasteiger partial charge in [-0.1, -0.05) is 32.4 Å². The third kappa shape index (κ3) is 6.18. The van der Waals surface area contributed by atoms with Crippen LogP contribution in [0.4, 0.5) is 10.5 Å². The molecule has 2 rings (SSSR count). The van der Waals surface area contributed by atoms with Gasteiger partial charge in [-0.3, -0.25) is 0 Å². The first kappa shape index (κ1) is 26.5. The van der Waals surface area contributed by atoms with Gasteiger partial charge in [0.2, 0.25) is 0 Å². The molecule has 1 aromatic rings. The van der Waals surface area contributed by atoms with Gasteiger partial charge >= 0.3 is 6.09 Å². The van der Waals surface area contributed by atoms with Gasteiger partial charge in [-0.15, -0.1) is 0 Å². The fourth-order valence-electron chi connectivity index (χ4n) is 3.48. The van der Waals surface area contributed by atoms with Gasteiger partial charge in [0.15, 0.2) is 8.32 Å². The van der Waals surface area contributed by atoms with Crippen molar-refractivity contribution in [2.45, 2.75) is 90.8 Å². The molecule has 1 amide bonds. The summed E-state index contributed by atoms with van der Waals surface area (Å²) in [5.74, 6) is 0. The number of likely N-dealkylation sites (tertiary alicyclic amines) is 1. The largest absolute Gasteiger partial charge is 0.444 e. The van der Waals surface area contributed by atoms with E-state index in [0.29, 0.717) is 23.7 Å². The van der Waals surface area contributed by atoms with Crippen LogP contribution in [0.5, 0.6) is 0 Å². The van der Waals surface area contributed by atoms with Crippen molar-refractivity contribution < 1.29 is 14.0 Å². The fraction of sp³-hybridized carbons (Fsp3) is 0.667. The number of nitrogens with one attached hydrogen (secondary N) is 1. The molecule has 1 fully saturated rings. The number of halogens is 1. The van der Waals surface area contributed by atoms with Crippen LogP contribution in [0.25, 0.3) is 0 Å². The van der Waals surface area contributed by atoms with Crippen molar-refractivity contribution in [1.29, 1.82) is 5.26 Å². The Bertz CT molecular complexity index is 884. The van der Waals surface area contributed by atoms with Crippen molar-refractivity contribution in [2.75, 3.05) is 18.4 Å². The van der Waals surface area contributed by atoms with Crippen molar-refractivity contribution in [3.05, 3.63) is 28.3 Å². The highest BCUT2D eigenvalue weighted by atomic mass is 35.5. The Morgan fingerprint density at radius 2 is 1.91 bits per heavy atom. The van der Waals surface area contributed by atoms with Crippen LogP contribution < -0.4 is 5.32 Å². The standard InChI is InChI=1S/C24H38ClN3O3Si/c1-16-18(11-10-17(14-26)21(16)25)27-15-19-20(31-32(8,9)24(5,6)7)12-13-28(19)22(29)30-23(2,3)4/h10-11,19-20,27H,12-13,15H2,1-9H3/t19-,20-/m1/s1. The van der Waals surface area contributed by atoms with E-state index >= 15 is 0 Å². The van der Waals surface area contributed by atoms with E-state index in [2.05, 4.69) is 45.3 Å².